The smallest absolute Gasteiger partial charge is 0.323 e. The van der Waals surface area contributed by atoms with Crippen LogP contribution < -0.4 is 10.2 Å². The van der Waals surface area contributed by atoms with E-state index in [2.05, 4.69) is 29.4 Å². The number of aryl methyl sites for hydroxylation is 2. The first-order chi connectivity index (χ1) is 13.2. The van der Waals surface area contributed by atoms with E-state index in [0.717, 1.165) is 42.8 Å². The van der Waals surface area contributed by atoms with Crippen molar-refractivity contribution in [1.29, 1.82) is 0 Å². The van der Waals surface area contributed by atoms with Gasteiger partial charge in [-0.15, -0.1) is 0 Å². The van der Waals surface area contributed by atoms with Gasteiger partial charge in [-0.05, 0) is 64.4 Å². The molecule has 6 nitrogen and oxygen atoms in total. The molecule has 0 radical (unpaired) electrons. The highest BCUT2D eigenvalue weighted by Gasteiger charge is 2.50. The number of hydrogen-bond acceptors (Lipinski definition) is 3. The van der Waals surface area contributed by atoms with Crippen LogP contribution in [0.4, 0.5) is 15.0 Å². The highest BCUT2D eigenvalue weighted by atomic mass is 19.1. The Morgan fingerprint density at radius 3 is 2.46 bits per heavy atom. The van der Waals surface area contributed by atoms with Crippen LogP contribution in [0.1, 0.15) is 36.9 Å². The predicted molar refractivity (Wildman–Crippen MR) is 107 cm³/mol. The van der Waals surface area contributed by atoms with Gasteiger partial charge in [-0.2, -0.15) is 5.10 Å². The molecule has 0 unspecified atom stereocenters. The van der Waals surface area contributed by atoms with Gasteiger partial charge in [-0.1, -0.05) is 12.1 Å². The minimum atomic E-state index is -0.248. The van der Waals surface area contributed by atoms with Gasteiger partial charge in [0.05, 0.1) is 17.8 Å². The lowest BCUT2D eigenvalue weighted by molar-refractivity contribution is 0.0655. The molecule has 1 saturated heterocycles. The standard InChI is InChI=1S/C21H28FN5O/c1-15-12-18(26(4)24-15)27-14-20(23-19(27)28)8-10-21(11-9-20,25(2)3)16-6-5-7-17(22)13-16/h5-7,12-13H,8-11,14H2,1-4H3,(H,23,28). The minimum absolute atomic E-state index is 0.0638. The van der Waals surface area contributed by atoms with Crippen LogP contribution in [0.25, 0.3) is 0 Å². The van der Waals surface area contributed by atoms with Gasteiger partial charge in [-0.25, -0.2) is 9.18 Å². The van der Waals surface area contributed by atoms with Gasteiger partial charge in [0.15, 0.2) is 0 Å². The largest absolute Gasteiger partial charge is 0.330 e. The molecule has 1 N–H and O–H groups in total. The molecule has 1 aromatic heterocycles. The van der Waals surface area contributed by atoms with Crippen LogP contribution in [-0.4, -0.2) is 46.9 Å². The van der Waals surface area contributed by atoms with Crippen molar-refractivity contribution in [2.45, 2.75) is 43.7 Å². The van der Waals surface area contributed by atoms with Gasteiger partial charge in [-0.3, -0.25) is 14.5 Å². The molecular weight excluding hydrogens is 357 g/mol. The molecule has 2 heterocycles. The van der Waals surface area contributed by atoms with E-state index in [9.17, 15) is 9.18 Å². The summed E-state index contributed by atoms with van der Waals surface area (Å²) in [6.07, 6.45) is 3.42. The summed E-state index contributed by atoms with van der Waals surface area (Å²) in [6.45, 7) is 2.57. The fraction of sp³-hybridized carbons (Fsp3) is 0.524. The molecule has 2 amide bonds. The first-order valence-corrected chi connectivity index (χ1v) is 9.79. The topological polar surface area (TPSA) is 53.4 Å². The third kappa shape index (κ3) is 2.98. The van der Waals surface area contributed by atoms with Crippen LogP contribution in [0, 0.1) is 12.7 Å². The SMILES string of the molecule is Cc1cc(N2CC3(CCC(c4cccc(F)c4)(N(C)C)CC3)NC2=O)n(C)n1. The fourth-order valence-corrected chi connectivity index (χ4v) is 4.94. The number of halogens is 1. The summed E-state index contributed by atoms with van der Waals surface area (Å²) < 4.78 is 15.6. The molecule has 7 heteroatoms. The van der Waals surface area contributed by atoms with E-state index in [1.54, 1.807) is 21.7 Å². The summed E-state index contributed by atoms with van der Waals surface area (Å²) in [5.41, 5.74) is 1.44. The van der Waals surface area contributed by atoms with Crippen molar-refractivity contribution in [3.63, 3.8) is 0 Å². The number of amides is 2. The Kier molecular flexibility index (Phi) is 4.45. The van der Waals surface area contributed by atoms with Crippen molar-refractivity contribution in [2.75, 3.05) is 25.5 Å². The second-order valence-corrected chi connectivity index (χ2v) is 8.50. The second-order valence-electron chi connectivity index (χ2n) is 8.50. The molecule has 2 fully saturated rings. The number of anilines is 1. The monoisotopic (exact) mass is 385 g/mol. The van der Waals surface area contributed by atoms with Gasteiger partial charge in [0, 0.05) is 18.7 Å². The number of urea groups is 1. The first kappa shape index (κ1) is 18.9. The predicted octanol–water partition coefficient (Wildman–Crippen LogP) is 3.17. The number of carbonyl (C=O) groups is 1. The van der Waals surface area contributed by atoms with Crippen molar-refractivity contribution < 1.29 is 9.18 Å². The number of benzene rings is 1. The number of aromatic nitrogens is 2. The van der Waals surface area contributed by atoms with Crippen molar-refractivity contribution in [1.82, 2.24) is 20.0 Å². The van der Waals surface area contributed by atoms with Gasteiger partial charge in [0.2, 0.25) is 0 Å². The maximum Gasteiger partial charge on any atom is 0.323 e. The molecule has 2 aromatic rings. The summed E-state index contributed by atoms with van der Waals surface area (Å²) >= 11 is 0. The summed E-state index contributed by atoms with van der Waals surface area (Å²) in [6, 6.07) is 8.81. The van der Waals surface area contributed by atoms with E-state index in [0.29, 0.717) is 6.54 Å². The molecular formula is C21H28FN5O. The lowest BCUT2D eigenvalue weighted by Crippen LogP contribution is -2.54. The van der Waals surface area contributed by atoms with Crippen LogP contribution in [0.5, 0.6) is 0 Å². The second kappa shape index (κ2) is 6.58. The van der Waals surface area contributed by atoms with E-state index < -0.39 is 0 Å². The van der Waals surface area contributed by atoms with Crippen LogP contribution in [0.2, 0.25) is 0 Å². The molecule has 2 aliphatic rings. The Labute approximate surface area is 165 Å². The maximum absolute atomic E-state index is 13.9. The Hall–Kier alpha value is -2.41. The molecule has 0 atom stereocenters. The quantitative estimate of drug-likeness (QED) is 0.883. The summed E-state index contributed by atoms with van der Waals surface area (Å²) in [5.74, 6) is 0.618. The molecule has 1 saturated carbocycles. The van der Waals surface area contributed by atoms with Gasteiger partial charge in [0.25, 0.3) is 0 Å². The summed E-state index contributed by atoms with van der Waals surface area (Å²) in [7, 11) is 5.98. The zero-order chi connectivity index (χ0) is 20.1. The Morgan fingerprint density at radius 1 is 1.18 bits per heavy atom. The Balaban J connectivity index is 1.57. The van der Waals surface area contributed by atoms with Gasteiger partial charge >= 0.3 is 6.03 Å². The average molecular weight is 385 g/mol. The lowest BCUT2D eigenvalue weighted by atomic mass is 9.69. The van der Waals surface area contributed by atoms with E-state index in [4.69, 9.17) is 0 Å². The fourth-order valence-electron chi connectivity index (χ4n) is 4.94. The normalized spacial score (nSPS) is 27.6. The third-order valence-electron chi connectivity index (χ3n) is 6.58. The van der Waals surface area contributed by atoms with Gasteiger partial charge < -0.3 is 5.32 Å². The van der Waals surface area contributed by atoms with Crippen molar-refractivity contribution in [2.24, 2.45) is 7.05 Å². The number of nitrogens with zero attached hydrogens (tertiary/aromatic N) is 4. The van der Waals surface area contributed by atoms with Crippen LogP contribution in [0.15, 0.2) is 30.3 Å². The summed E-state index contributed by atoms with van der Waals surface area (Å²) in [4.78, 5) is 16.7. The minimum Gasteiger partial charge on any atom is -0.330 e. The molecule has 4 rings (SSSR count). The van der Waals surface area contributed by atoms with Crippen LogP contribution in [-0.2, 0) is 12.6 Å². The van der Waals surface area contributed by atoms with E-state index in [1.165, 1.54) is 6.07 Å². The zero-order valence-corrected chi connectivity index (χ0v) is 17.0. The number of nitrogens with one attached hydrogen (secondary N) is 1. The van der Waals surface area contributed by atoms with Gasteiger partial charge in [0.1, 0.15) is 11.6 Å². The Morgan fingerprint density at radius 2 is 1.89 bits per heavy atom. The first-order valence-electron chi connectivity index (χ1n) is 9.79. The van der Waals surface area contributed by atoms with Crippen molar-refractivity contribution in [3.8, 4) is 0 Å². The van der Waals surface area contributed by atoms with Crippen LogP contribution >= 0.6 is 0 Å². The molecule has 1 aliphatic heterocycles. The van der Waals surface area contributed by atoms with E-state index in [-0.39, 0.29) is 22.9 Å². The highest BCUT2D eigenvalue weighted by molar-refractivity contribution is 5.94. The molecule has 150 valence electrons. The highest BCUT2D eigenvalue weighted by Crippen LogP contribution is 2.46. The Bertz CT molecular complexity index is 898. The number of rotatable bonds is 3. The maximum atomic E-state index is 13.9. The van der Waals surface area contributed by atoms with Crippen molar-refractivity contribution in [3.05, 3.63) is 47.4 Å². The van der Waals surface area contributed by atoms with E-state index >= 15 is 0 Å². The van der Waals surface area contributed by atoms with Crippen molar-refractivity contribution >= 4 is 11.8 Å². The molecule has 0 bridgehead atoms. The number of hydrogen-bond donors (Lipinski definition) is 1. The molecule has 1 aliphatic carbocycles. The van der Waals surface area contributed by atoms with Crippen LogP contribution in [0.3, 0.4) is 0 Å². The molecule has 1 aromatic carbocycles. The summed E-state index contributed by atoms with van der Waals surface area (Å²) in [5, 5.41) is 7.62. The molecule has 28 heavy (non-hydrogen) atoms. The average Bonchev–Trinajstić information content (AvgIpc) is 3.14. The lowest BCUT2D eigenvalue weighted by Gasteiger charge is -2.48. The third-order valence-corrected chi connectivity index (χ3v) is 6.58. The number of carbonyl (C=O) groups excluding carboxylic acids is 1. The zero-order valence-electron chi connectivity index (χ0n) is 17.0. The van der Waals surface area contributed by atoms with E-state index in [1.807, 2.05) is 26.1 Å². The molecule has 1 spiro atoms.